The first-order valence-corrected chi connectivity index (χ1v) is 10.4. The average molecular weight is 395 g/mol. The highest BCUT2D eigenvalue weighted by atomic mass is 16.6. The Labute approximate surface area is 166 Å². The van der Waals surface area contributed by atoms with Gasteiger partial charge in [-0.3, -0.25) is 4.79 Å². The van der Waals surface area contributed by atoms with Crippen molar-refractivity contribution < 1.29 is 30.0 Å². The van der Waals surface area contributed by atoms with Crippen LogP contribution < -0.4 is 0 Å². The summed E-state index contributed by atoms with van der Waals surface area (Å²) in [6.07, 6.45) is -1.13. The Hall–Kier alpha value is -0.790. The summed E-state index contributed by atoms with van der Waals surface area (Å²) in [5.74, 6) is -3.71. The summed E-state index contributed by atoms with van der Waals surface area (Å²) in [6.45, 7) is 11.8. The smallest absolute Gasteiger partial charge is 0.208 e. The Bertz CT molecular complexity index is 747. The van der Waals surface area contributed by atoms with Crippen LogP contribution in [0.1, 0.15) is 53.4 Å². The van der Waals surface area contributed by atoms with Crippen LogP contribution in [0.5, 0.6) is 0 Å². The summed E-state index contributed by atoms with van der Waals surface area (Å²) in [5, 5.41) is 46.1. The molecule has 4 aliphatic rings. The quantitative estimate of drug-likeness (QED) is 0.396. The number of hydrogen-bond donors (Lipinski definition) is 4. The molecule has 0 amide bonds. The van der Waals surface area contributed by atoms with Gasteiger partial charge in [0.25, 0.3) is 0 Å². The second kappa shape index (κ2) is 5.46. The van der Waals surface area contributed by atoms with E-state index < -0.39 is 63.4 Å². The molecule has 6 nitrogen and oxygen atoms in total. The van der Waals surface area contributed by atoms with E-state index >= 15 is 0 Å². The van der Waals surface area contributed by atoms with Crippen molar-refractivity contribution in [3.8, 4) is 0 Å². The number of carbonyl (C=O) groups excluding carboxylic acids is 1. The monoisotopic (exact) mass is 394 g/mol. The molecule has 0 radical (unpaired) electrons. The molecule has 0 aromatic rings. The molecule has 0 aliphatic heterocycles. The van der Waals surface area contributed by atoms with Crippen LogP contribution >= 0.6 is 0 Å². The molecule has 0 aromatic heterocycles. The van der Waals surface area contributed by atoms with Gasteiger partial charge in [-0.2, -0.15) is 0 Å². The maximum Gasteiger partial charge on any atom is 0.208 e. The lowest BCUT2D eigenvalue weighted by Crippen LogP contribution is -2.83. The molecule has 4 N–H and O–H groups in total. The van der Waals surface area contributed by atoms with Gasteiger partial charge >= 0.3 is 0 Å². The zero-order valence-corrected chi connectivity index (χ0v) is 17.5. The largest absolute Gasteiger partial charge is 0.393 e. The van der Waals surface area contributed by atoms with Crippen LogP contribution in [0.25, 0.3) is 0 Å². The van der Waals surface area contributed by atoms with E-state index in [2.05, 4.69) is 6.58 Å². The fourth-order valence-electron chi connectivity index (χ4n) is 8.03. The fraction of sp³-hybridized carbons (Fsp3) is 0.864. The van der Waals surface area contributed by atoms with Crippen LogP contribution in [-0.4, -0.2) is 57.4 Å². The molecule has 9 atom stereocenters. The van der Waals surface area contributed by atoms with Crippen molar-refractivity contribution in [3.05, 3.63) is 12.2 Å². The number of ketones is 1. The number of hydrogen-bond acceptors (Lipinski definition) is 6. The maximum absolute atomic E-state index is 13.6. The van der Waals surface area contributed by atoms with Crippen molar-refractivity contribution in [2.45, 2.75) is 77.5 Å². The molecule has 0 aromatic carbocycles. The van der Waals surface area contributed by atoms with Gasteiger partial charge in [-0.1, -0.05) is 34.3 Å². The zero-order chi connectivity index (χ0) is 21.1. The molecule has 1 spiro atoms. The Morgan fingerprint density at radius 3 is 2.25 bits per heavy atom. The molecule has 158 valence electrons. The van der Waals surface area contributed by atoms with Crippen molar-refractivity contribution in [3.63, 3.8) is 0 Å². The first-order chi connectivity index (χ1) is 12.8. The van der Waals surface area contributed by atoms with Gasteiger partial charge in [0.2, 0.25) is 5.79 Å². The number of Topliss-reactive ketones (excluding diaryl/α,β-unsaturated/α-hetero) is 1. The van der Waals surface area contributed by atoms with E-state index in [0.717, 1.165) is 0 Å². The topological polar surface area (TPSA) is 107 Å². The van der Waals surface area contributed by atoms with E-state index in [0.29, 0.717) is 25.7 Å². The summed E-state index contributed by atoms with van der Waals surface area (Å²) < 4.78 is 5.56. The van der Waals surface area contributed by atoms with Crippen molar-refractivity contribution in [2.24, 2.45) is 33.5 Å². The van der Waals surface area contributed by atoms with Gasteiger partial charge in [0.15, 0.2) is 5.78 Å². The molecule has 4 rings (SSSR count). The SMILES string of the molecule is C=C1C(=O)C23C(CCC1[C@H]2O)[C@]1(C)[C@@H](O)CCC(C)(C)[C@@]1(C)[C@H](O)[C@@]3(O)OC. The Morgan fingerprint density at radius 1 is 1.07 bits per heavy atom. The second-order valence-electron chi connectivity index (χ2n) is 10.6. The summed E-state index contributed by atoms with van der Waals surface area (Å²) in [5.41, 5.74) is -3.73. The molecular weight excluding hydrogens is 360 g/mol. The lowest BCUT2D eigenvalue weighted by molar-refractivity contribution is -0.420. The molecule has 4 aliphatic carbocycles. The Balaban J connectivity index is 2.09. The second-order valence-corrected chi connectivity index (χ2v) is 10.6. The predicted octanol–water partition coefficient (Wildman–Crippen LogP) is 1.40. The summed E-state index contributed by atoms with van der Waals surface area (Å²) in [7, 11) is 1.28. The molecule has 28 heavy (non-hydrogen) atoms. The molecule has 4 fully saturated rings. The summed E-state index contributed by atoms with van der Waals surface area (Å²) in [6, 6.07) is 0. The minimum atomic E-state index is -2.27. The van der Waals surface area contributed by atoms with Crippen molar-refractivity contribution in [2.75, 3.05) is 7.11 Å². The lowest BCUT2D eigenvalue weighted by Gasteiger charge is -2.74. The molecule has 0 heterocycles. The lowest BCUT2D eigenvalue weighted by atomic mass is 9.32. The van der Waals surface area contributed by atoms with E-state index in [1.807, 2.05) is 27.7 Å². The highest BCUT2D eigenvalue weighted by Gasteiger charge is 2.86. The standard InChI is InChI=1S/C22H34O6/c1-11-12-7-8-13-19(4)14(23)9-10-18(2,3)20(19,5)17(26)22(27,28-6)21(13,15(11)24)16(12)25/h12-14,16-17,23,25-27H,1,7-10H2,2-6H3/t12?,13?,14-,16+,17-,19+,20+,21?,22+/m0/s1. The molecule has 3 unspecified atom stereocenters. The molecule has 0 saturated heterocycles. The molecule has 4 saturated carbocycles. The summed E-state index contributed by atoms with van der Waals surface area (Å²) >= 11 is 0. The minimum absolute atomic E-state index is 0.287. The molecule has 2 bridgehead atoms. The third-order valence-corrected chi connectivity index (χ3v) is 10.1. The van der Waals surface area contributed by atoms with E-state index in [9.17, 15) is 25.2 Å². The van der Waals surface area contributed by atoms with Crippen LogP contribution in [0.15, 0.2) is 12.2 Å². The number of carbonyl (C=O) groups is 1. The van der Waals surface area contributed by atoms with Gasteiger partial charge < -0.3 is 25.2 Å². The summed E-state index contributed by atoms with van der Waals surface area (Å²) in [4.78, 5) is 13.6. The number of rotatable bonds is 1. The average Bonchev–Trinajstić information content (AvgIpc) is 2.76. The van der Waals surface area contributed by atoms with Gasteiger partial charge in [0, 0.05) is 23.9 Å². The van der Waals surface area contributed by atoms with Crippen molar-refractivity contribution >= 4 is 5.78 Å². The van der Waals surface area contributed by atoms with Gasteiger partial charge in [0.05, 0.1) is 12.2 Å². The highest BCUT2D eigenvalue weighted by Crippen LogP contribution is 2.77. The maximum atomic E-state index is 13.6. The van der Waals surface area contributed by atoms with E-state index in [1.165, 1.54) is 7.11 Å². The van der Waals surface area contributed by atoms with Crippen LogP contribution in [0, 0.1) is 33.5 Å². The van der Waals surface area contributed by atoms with Crippen LogP contribution in [0.4, 0.5) is 0 Å². The Morgan fingerprint density at radius 2 is 1.68 bits per heavy atom. The normalized spacial score (nSPS) is 57.7. The molecule has 6 heteroatoms. The van der Waals surface area contributed by atoms with Gasteiger partial charge in [0.1, 0.15) is 11.5 Å². The zero-order valence-electron chi connectivity index (χ0n) is 17.5. The van der Waals surface area contributed by atoms with Crippen molar-refractivity contribution in [1.82, 2.24) is 0 Å². The van der Waals surface area contributed by atoms with Crippen LogP contribution in [0.3, 0.4) is 0 Å². The first-order valence-electron chi connectivity index (χ1n) is 10.4. The van der Waals surface area contributed by atoms with Crippen LogP contribution in [0.2, 0.25) is 0 Å². The third kappa shape index (κ3) is 1.66. The van der Waals surface area contributed by atoms with Gasteiger partial charge in [-0.05, 0) is 42.6 Å². The molecular formula is C22H34O6. The van der Waals surface area contributed by atoms with Gasteiger partial charge in [-0.15, -0.1) is 0 Å². The first kappa shape index (κ1) is 20.5. The van der Waals surface area contributed by atoms with E-state index in [4.69, 9.17) is 4.74 Å². The number of methoxy groups -OCH3 is 1. The van der Waals surface area contributed by atoms with Crippen LogP contribution in [-0.2, 0) is 9.53 Å². The highest BCUT2D eigenvalue weighted by molar-refractivity contribution is 6.05. The Kier molecular flexibility index (Phi) is 4.00. The minimum Gasteiger partial charge on any atom is -0.393 e. The number of fused-ring (bicyclic) bond motifs is 3. The predicted molar refractivity (Wildman–Crippen MR) is 102 cm³/mol. The van der Waals surface area contributed by atoms with E-state index in [1.54, 1.807) is 0 Å². The van der Waals surface area contributed by atoms with E-state index in [-0.39, 0.29) is 5.57 Å². The number of aliphatic hydroxyl groups is 4. The van der Waals surface area contributed by atoms with Crippen molar-refractivity contribution in [1.29, 1.82) is 0 Å². The third-order valence-electron chi connectivity index (χ3n) is 10.1. The van der Waals surface area contributed by atoms with Gasteiger partial charge in [-0.25, -0.2) is 0 Å². The number of aliphatic hydroxyl groups excluding tert-OH is 3. The number of ether oxygens (including phenoxy) is 1. The fourth-order valence-corrected chi connectivity index (χ4v) is 8.03.